The van der Waals surface area contributed by atoms with Gasteiger partial charge in [0.05, 0.1) is 0 Å². The van der Waals surface area contributed by atoms with Gasteiger partial charge in [-0.25, -0.2) is 0 Å². The second-order valence-electron chi connectivity index (χ2n) is 2.48. The first-order valence-corrected chi connectivity index (χ1v) is 3.54. The predicted molar refractivity (Wildman–Crippen MR) is 45.9 cm³/mol. The highest BCUT2D eigenvalue weighted by Crippen LogP contribution is 2.10. The van der Waals surface area contributed by atoms with Crippen LogP contribution in [0.15, 0.2) is 29.3 Å². The molecule has 1 nitrogen and oxygen atoms in total. The fourth-order valence-electron chi connectivity index (χ4n) is 1.24. The van der Waals surface area contributed by atoms with Crippen molar-refractivity contribution in [1.82, 2.24) is 0 Å². The molecule has 1 aromatic rings. The summed E-state index contributed by atoms with van der Waals surface area (Å²) in [5.74, 6) is 0. The number of fused-ring (bicyclic) bond motifs is 1. The van der Waals surface area contributed by atoms with Crippen LogP contribution in [0.4, 0.5) is 0 Å². The molecule has 1 aromatic carbocycles. The highest BCUT2D eigenvalue weighted by molar-refractivity contribution is 5.82. The molecule has 0 unspecified atom stereocenters. The average Bonchev–Trinajstić information content (AvgIpc) is 2.05. The highest BCUT2D eigenvalue weighted by Gasteiger charge is 2.01. The topological polar surface area (TPSA) is 12.4 Å². The summed E-state index contributed by atoms with van der Waals surface area (Å²) in [5, 5.41) is 0. The summed E-state index contributed by atoms with van der Waals surface area (Å²) in [6, 6.07) is 8.41. The maximum Gasteiger partial charge on any atom is 0.0430 e. The predicted octanol–water partition coefficient (Wildman–Crippen LogP) is 1.74. The summed E-state index contributed by atoms with van der Waals surface area (Å²) >= 11 is 0. The summed E-state index contributed by atoms with van der Waals surface area (Å²) in [6.07, 6.45) is 3.06. The van der Waals surface area contributed by atoms with Gasteiger partial charge in [0.25, 0.3) is 0 Å². The number of aliphatic imine (C=N–C) groups is 1. The molecule has 1 heterocycles. The maximum atomic E-state index is 4.19. The van der Waals surface area contributed by atoms with E-state index in [0.717, 1.165) is 13.0 Å². The third kappa shape index (κ3) is 1.48. The summed E-state index contributed by atoms with van der Waals surface area (Å²) in [4.78, 5) is 4.19. The molecule has 0 amide bonds. The lowest BCUT2D eigenvalue weighted by Gasteiger charge is -2.07. The van der Waals surface area contributed by atoms with Crippen LogP contribution in [0.1, 0.15) is 11.1 Å². The fourth-order valence-corrected chi connectivity index (χ4v) is 1.24. The van der Waals surface area contributed by atoms with E-state index in [1.54, 1.807) is 0 Å². The van der Waals surface area contributed by atoms with Crippen LogP contribution in [0.5, 0.6) is 0 Å². The molecule has 11 heavy (non-hydrogen) atoms. The Labute approximate surface area is 67.8 Å². The van der Waals surface area contributed by atoms with E-state index < -0.39 is 0 Å². The zero-order chi connectivity index (χ0) is 6.81. The van der Waals surface area contributed by atoms with E-state index in [0.29, 0.717) is 0 Å². The lowest BCUT2D eigenvalue weighted by molar-refractivity contribution is 0.952. The molecule has 0 aromatic heterocycles. The first-order chi connectivity index (χ1) is 4.97. The number of nitrogens with zero attached hydrogens (tertiary/aromatic N) is 1. The number of hydrogen-bond donors (Lipinski definition) is 0. The summed E-state index contributed by atoms with van der Waals surface area (Å²) < 4.78 is 0. The number of hydrogen-bond acceptors (Lipinski definition) is 1. The van der Waals surface area contributed by atoms with Crippen LogP contribution in [0.25, 0.3) is 0 Å². The van der Waals surface area contributed by atoms with Crippen molar-refractivity contribution in [3.8, 4) is 0 Å². The molecule has 1 aliphatic rings. The van der Waals surface area contributed by atoms with E-state index in [-0.39, 0.29) is 7.43 Å². The third-order valence-electron chi connectivity index (χ3n) is 1.80. The van der Waals surface area contributed by atoms with Crippen molar-refractivity contribution in [2.75, 3.05) is 6.54 Å². The Bertz CT molecular complexity index is 263. The highest BCUT2D eigenvalue weighted by atomic mass is 14.7. The first kappa shape index (κ1) is 7.99. The van der Waals surface area contributed by atoms with Crippen molar-refractivity contribution in [2.24, 2.45) is 4.99 Å². The maximum absolute atomic E-state index is 4.19. The quantitative estimate of drug-likeness (QED) is 0.524. The van der Waals surface area contributed by atoms with Crippen molar-refractivity contribution in [1.29, 1.82) is 0 Å². The van der Waals surface area contributed by atoms with Crippen LogP contribution in [0.3, 0.4) is 0 Å². The molecule has 0 spiro atoms. The van der Waals surface area contributed by atoms with Crippen molar-refractivity contribution in [2.45, 2.75) is 6.42 Å². The SMILES string of the molecule is C1=NCCc2ccccc21.[C]. The molecule has 0 atom stereocenters. The Balaban J connectivity index is 0.000000605. The Morgan fingerprint density at radius 3 is 2.82 bits per heavy atom. The van der Waals surface area contributed by atoms with Crippen molar-refractivity contribution in [3.05, 3.63) is 42.8 Å². The molecule has 0 saturated carbocycles. The van der Waals surface area contributed by atoms with Gasteiger partial charge in [-0.2, -0.15) is 0 Å². The molecule has 0 saturated heterocycles. The van der Waals surface area contributed by atoms with Gasteiger partial charge in [0.2, 0.25) is 0 Å². The van der Waals surface area contributed by atoms with Gasteiger partial charge in [-0.3, -0.25) is 4.99 Å². The Kier molecular flexibility index (Phi) is 2.42. The molecule has 2 rings (SSSR count). The number of benzene rings is 1. The van der Waals surface area contributed by atoms with Crippen molar-refractivity contribution < 1.29 is 0 Å². The van der Waals surface area contributed by atoms with E-state index >= 15 is 0 Å². The molecule has 0 fully saturated rings. The van der Waals surface area contributed by atoms with Gasteiger partial charge in [-0.1, -0.05) is 24.3 Å². The van der Waals surface area contributed by atoms with Crippen LogP contribution >= 0.6 is 0 Å². The molecule has 1 heteroatoms. The summed E-state index contributed by atoms with van der Waals surface area (Å²) in [7, 11) is 0. The van der Waals surface area contributed by atoms with E-state index in [1.807, 2.05) is 6.21 Å². The molecule has 0 aliphatic carbocycles. The number of rotatable bonds is 0. The Morgan fingerprint density at radius 1 is 1.18 bits per heavy atom. The monoisotopic (exact) mass is 143 g/mol. The Morgan fingerprint density at radius 2 is 2.00 bits per heavy atom. The molecule has 0 N–H and O–H groups in total. The van der Waals surface area contributed by atoms with Gasteiger partial charge in [0.1, 0.15) is 0 Å². The average molecular weight is 143 g/mol. The van der Waals surface area contributed by atoms with Crippen LogP contribution in [-0.4, -0.2) is 12.8 Å². The largest absolute Gasteiger partial charge is 0.292 e. The molecule has 1 aliphatic heterocycles. The van der Waals surface area contributed by atoms with Gasteiger partial charge >= 0.3 is 0 Å². The molecular formula is C10H9N. The third-order valence-corrected chi connectivity index (χ3v) is 1.80. The lowest BCUT2D eigenvalue weighted by Crippen LogP contribution is -2.01. The van der Waals surface area contributed by atoms with E-state index in [4.69, 9.17) is 0 Å². The summed E-state index contributed by atoms with van der Waals surface area (Å²) in [6.45, 7) is 0.955. The molecule has 0 bridgehead atoms. The smallest absolute Gasteiger partial charge is 0.0430 e. The van der Waals surface area contributed by atoms with Crippen molar-refractivity contribution in [3.63, 3.8) is 0 Å². The minimum absolute atomic E-state index is 0. The second kappa shape index (κ2) is 3.33. The minimum Gasteiger partial charge on any atom is -0.292 e. The van der Waals surface area contributed by atoms with Crippen molar-refractivity contribution >= 4 is 6.21 Å². The first-order valence-electron chi connectivity index (χ1n) is 3.54. The summed E-state index contributed by atoms with van der Waals surface area (Å²) in [5.41, 5.74) is 2.71. The minimum atomic E-state index is 0. The standard InChI is InChI=1S/C9H9N.C/c1-2-4-9-7-10-6-5-8(9)3-1;/h1-4,7H,5-6H2;. The fraction of sp³-hybridized carbons (Fsp3) is 0.200. The van der Waals surface area contributed by atoms with Gasteiger partial charge < -0.3 is 0 Å². The van der Waals surface area contributed by atoms with Gasteiger partial charge in [0.15, 0.2) is 0 Å². The zero-order valence-corrected chi connectivity index (χ0v) is 6.25. The van der Waals surface area contributed by atoms with Crippen LogP contribution in [-0.2, 0) is 6.42 Å². The van der Waals surface area contributed by atoms with E-state index in [9.17, 15) is 0 Å². The zero-order valence-electron chi connectivity index (χ0n) is 6.25. The molecular weight excluding hydrogens is 134 g/mol. The van der Waals surface area contributed by atoms with Gasteiger partial charge in [-0.05, 0) is 17.5 Å². The van der Waals surface area contributed by atoms with E-state index in [1.165, 1.54) is 11.1 Å². The Hall–Kier alpha value is -1.11. The normalized spacial score (nSPS) is 13.5. The van der Waals surface area contributed by atoms with Crippen LogP contribution in [0.2, 0.25) is 0 Å². The molecule has 4 radical (unpaired) electrons. The lowest BCUT2D eigenvalue weighted by atomic mass is 10.0. The van der Waals surface area contributed by atoms with Crippen LogP contribution in [0, 0.1) is 7.43 Å². The molecule has 54 valence electrons. The van der Waals surface area contributed by atoms with Crippen LogP contribution < -0.4 is 0 Å². The van der Waals surface area contributed by atoms with E-state index in [2.05, 4.69) is 29.3 Å². The van der Waals surface area contributed by atoms with Gasteiger partial charge in [0, 0.05) is 20.2 Å². The van der Waals surface area contributed by atoms with Gasteiger partial charge in [-0.15, -0.1) is 0 Å². The second-order valence-corrected chi connectivity index (χ2v) is 2.48.